The summed E-state index contributed by atoms with van der Waals surface area (Å²) in [6.45, 7) is 3.58. The van der Waals surface area contributed by atoms with E-state index in [0.717, 1.165) is 49.7 Å². The van der Waals surface area contributed by atoms with Crippen molar-refractivity contribution in [3.63, 3.8) is 0 Å². The van der Waals surface area contributed by atoms with E-state index in [1.165, 1.54) is 15.6 Å². The number of anilines is 2. The number of ketones is 1. The van der Waals surface area contributed by atoms with Gasteiger partial charge in [0, 0.05) is 44.0 Å². The Morgan fingerprint density at radius 2 is 1.35 bits per heavy atom. The second-order valence-electron chi connectivity index (χ2n) is 8.11. The minimum Gasteiger partial charge on any atom is -0.508 e. The maximum atomic E-state index is 12.8. The minimum atomic E-state index is -0.419. The molecule has 8 heteroatoms. The van der Waals surface area contributed by atoms with Gasteiger partial charge in [-0.05, 0) is 61.4 Å². The summed E-state index contributed by atoms with van der Waals surface area (Å²) in [6, 6.07) is 14.8. The van der Waals surface area contributed by atoms with Gasteiger partial charge in [0.25, 0.3) is 0 Å². The highest BCUT2D eigenvalue weighted by atomic mass is 16.3. The lowest BCUT2D eigenvalue weighted by Crippen LogP contribution is -2.46. The largest absolute Gasteiger partial charge is 0.508 e. The fraction of sp³-hybridized carbons (Fsp3) is 0.348. The van der Waals surface area contributed by atoms with Crippen molar-refractivity contribution in [2.45, 2.75) is 25.3 Å². The predicted octanol–water partition coefficient (Wildman–Crippen LogP) is 2.36. The first-order valence-electron chi connectivity index (χ1n) is 10.7. The van der Waals surface area contributed by atoms with Crippen LogP contribution in [0.5, 0.6) is 5.75 Å². The van der Waals surface area contributed by atoms with Crippen LogP contribution in [0.25, 0.3) is 5.69 Å². The van der Waals surface area contributed by atoms with Gasteiger partial charge in [0.15, 0.2) is 5.78 Å². The van der Waals surface area contributed by atoms with E-state index >= 15 is 0 Å². The van der Waals surface area contributed by atoms with E-state index < -0.39 is 6.04 Å². The fourth-order valence-electron chi connectivity index (χ4n) is 4.47. The van der Waals surface area contributed by atoms with Crippen LogP contribution in [0.1, 0.15) is 25.3 Å². The van der Waals surface area contributed by atoms with Crippen molar-refractivity contribution in [2.24, 2.45) is 0 Å². The molecular formula is C23H25N5O3. The van der Waals surface area contributed by atoms with Crippen LogP contribution >= 0.6 is 0 Å². The van der Waals surface area contributed by atoms with Gasteiger partial charge in [0.1, 0.15) is 18.1 Å². The second-order valence-corrected chi connectivity index (χ2v) is 8.11. The molecule has 2 heterocycles. The van der Waals surface area contributed by atoms with Crippen molar-refractivity contribution in [3.05, 3.63) is 65.3 Å². The summed E-state index contributed by atoms with van der Waals surface area (Å²) in [5.41, 5.74) is 2.70. The van der Waals surface area contributed by atoms with Gasteiger partial charge in [-0.3, -0.25) is 4.79 Å². The van der Waals surface area contributed by atoms with Crippen molar-refractivity contribution in [1.29, 1.82) is 0 Å². The normalized spacial score (nSPS) is 19.2. The van der Waals surface area contributed by atoms with Gasteiger partial charge < -0.3 is 14.9 Å². The quantitative estimate of drug-likeness (QED) is 0.699. The van der Waals surface area contributed by atoms with Gasteiger partial charge in [-0.1, -0.05) is 0 Å². The smallest absolute Gasteiger partial charge is 0.351 e. The van der Waals surface area contributed by atoms with Gasteiger partial charge in [-0.15, -0.1) is 0 Å². The number of aromatic hydroxyl groups is 1. The Kier molecular flexibility index (Phi) is 4.97. The van der Waals surface area contributed by atoms with Crippen LogP contribution in [0.4, 0.5) is 11.4 Å². The molecule has 0 bridgehead atoms. The number of aromatic nitrogens is 3. The van der Waals surface area contributed by atoms with E-state index in [4.69, 9.17) is 0 Å². The summed E-state index contributed by atoms with van der Waals surface area (Å²) < 4.78 is 2.82. The molecule has 1 atom stereocenters. The van der Waals surface area contributed by atoms with Crippen LogP contribution in [0, 0.1) is 0 Å². The first-order valence-corrected chi connectivity index (χ1v) is 10.7. The van der Waals surface area contributed by atoms with Crippen molar-refractivity contribution in [1.82, 2.24) is 14.3 Å². The molecule has 1 aliphatic heterocycles. The molecule has 31 heavy (non-hydrogen) atoms. The number of Topliss-reactive ketones (excluding diaryl/α,β-unsaturated/α-hetero) is 1. The molecule has 1 aliphatic carbocycles. The number of rotatable bonds is 4. The topological polar surface area (TPSA) is 83.6 Å². The van der Waals surface area contributed by atoms with Crippen molar-refractivity contribution in [2.75, 3.05) is 36.0 Å². The third-order valence-electron chi connectivity index (χ3n) is 6.25. The van der Waals surface area contributed by atoms with Gasteiger partial charge in [0.2, 0.25) is 0 Å². The lowest BCUT2D eigenvalue weighted by Gasteiger charge is -2.37. The highest BCUT2D eigenvalue weighted by Gasteiger charge is 2.29. The molecule has 1 N–H and O–H groups in total. The lowest BCUT2D eigenvalue weighted by molar-refractivity contribution is -0.120. The molecule has 3 aromatic rings. The molecule has 1 unspecified atom stereocenters. The zero-order chi connectivity index (χ0) is 21.4. The molecule has 0 spiro atoms. The number of carbonyl (C=O) groups excluding carboxylic acids is 1. The summed E-state index contributed by atoms with van der Waals surface area (Å²) in [7, 11) is 0. The summed E-state index contributed by atoms with van der Waals surface area (Å²) in [4.78, 5) is 29.4. The first-order chi connectivity index (χ1) is 15.1. The van der Waals surface area contributed by atoms with E-state index in [9.17, 15) is 14.7 Å². The molecular weight excluding hydrogens is 394 g/mol. The molecule has 0 radical (unpaired) electrons. The van der Waals surface area contributed by atoms with E-state index in [2.05, 4.69) is 14.9 Å². The Morgan fingerprint density at radius 3 is 1.90 bits per heavy atom. The number of nitrogens with zero attached hydrogens (tertiary/aromatic N) is 5. The molecule has 2 fully saturated rings. The van der Waals surface area contributed by atoms with Gasteiger partial charge in [-0.25, -0.2) is 14.0 Å². The van der Waals surface area contributed by atoms with Crippen molar-refractivity contribution in [3.8, 4) is 11.4 Å². The number of phenols is 1. The van der Waals surface area contributed by atoms with Gasteiger partial charge in [-0.2, -0.15) is 5.10 Å². The Hall–Kier alpha value is -3.55. The number of benzene rings is 2. The molecule has 5 rings (SSSR count). The summed E-state index contributed by atoms with van der Waals surface area (Å²) in [5.74, 6) is 0.371. The lowest BCUT2D eigenvalue weighted by atomic mass is 10.2. The predicted molar refractivity (Wildman–Crippen MR) is 118 cm³/mol. The zero-order valence-electron chi connectivity index (χ0n) is 17.2. The van der Waals surface area contributed by atoms with Gasteiger partial charge in [0.05, 0.1) is 5.69 Å². The molecule has 160 valence electrons. The van der Waals surface area contributed by atoms with Gasteiger partial charge >= 0.3 is 5.69 Å². The van der Waals surface area contributed by atoms with Crippen LogP contribution < -0.4 is 15.5 Å². The van der Waals surface area contributed by atoms with Crippen LogP contribution in [-0.2, 0) is 4.79 Å². The average molecular weight is 419 g/mol. The van der Waals surface area contributed by atoms with Crippen LogP contribution in [-0.4, -0.2) is 51.4 Å². The highest BCUT2D eigenvalue weighted by molar-refractivity contribution is 5.84. The average Bonchev–Trinajstić information content (AvgIpc) is 3.39. The van der Waals surface area contributed by atoms with E-state index in [0.29, 0.717) is 12.8 Å². The fourth-order valence-corrected chi connectivity index (χ4v) is 4.47. The van der Waals surface area contributed by atoms with E-state index in [1.54, 1.807) is 12.1 Å². The summed E-state index contributed by atoms with van der Waals surface area (Å²) in [6.07, 6.45) is 3.53. The van der Waals surface area contributed by atoms with Crippen LogP contribution in [0.3, 0.4) is 0 Å². The number of hydrogen-bond donors (Lipinski definition) is 1. The molecule has 1 saturated heterocycles. The highest BCUT2D eigenvalue weighted by Crippen LogP contribution is 2.25. The van der Waals surface area contributed by atoms with Crippen molar-refractivity contribution < 1.29 is 9.90 Å². The van der Waals surface area contributed by atoms with Crippen LogP contribution in [0.2, 0.25) is 0 Å². The number of hydrogen-bond acceptors (Lipinski definition) is 6. The Morgan fingerprint density at radius 1 is 0.806 bits per heavy atom. The molecule has 1 aromatic heterocycles. The maximum absolute atomic E-state index is 12.8. The summed E-state index contributed by atoms with van der Waals surface area (Å²) in [5, 5.41) is 13.7. The van der Waals surface area contributed by atoms with Crippen LogP contribution in [0.15, 0.2) is 59.7 Å². The van der Waals surface area contributed by atoms with E-state index in [-0.39, 0.29) is 17.2 Å². The second kappa shape index (κ2) is 7.94. The van der Waals surface area contributed by atoms with E-state index in [1.807, 2.05) is 36.4 Å². The molecule has 8 nitrogen and oxygen atoms in total. The number of carbonyl (C=O) groups is 1. The molecule has 0 amide bonds. The number of piperazine rings is 1. The SMILES string of the molecule is O=C1CCCC1n1ncn(-c2ccc(N3CCN(c4ccc(O)cc4)CC3)cc2)c1=O. The Bertz CT molecular complexity index is 1130. The monoisotopic (exact) mass is 419 g/mol. The first kappa shape index (κ1) is 19.4. The zero-order valence-corrected chi connectivity index (χ0v) is 17.2. The standard InChI is InChI=1S/C23H25N5O3/c29-20-10-8-18(9-11-20)26-14-12-25(13-15-26)17-4-6-19(7-5-17)27-16-24-28(23(27)31)21-2-1-3-22(21)30/h4-11,16,21,29H,1-3,12-15H2. The number of phenolic OH excluding ortho intramolecular Hbond substituents is 1. The van der Waals surface area contributed by atoms with Crippen molar-refractivity contribution >= 4 is 17.2 Å². The third-order valence-corrected chi connectivity index (χ3v) is 6.25. The Labute approximate surface area is 179 Å². The maximum Gasteiger partial charge on any atom is 0.351 e. The Balaban J connectivity index is 1.27. The minimum absolute atomic E-state index is 0.0918. The third kappa shape index (κ3) is 3.69. The molecule has 1 saturated carbocycles. The molecule has 2 aliphatic rings. The molecule has 2 aromatic carbocycles. The summed E-state index contributed by atoms with van der Waals surface area (Å²) >= 11 is 0.